The summed E-state index contributed by atoms with van der Waals surface area (Å²) >= 11 is 15.3. The second kappa shape index (κ2) is 7.21. The number of halogens is 3. The van der Waals surface area contributed by atoms with Crippen LogP contribution in [0.1, 0.15) is 11.1 Å². The zero-order valence-corrected chi connectivity index (χ0v) is 13.9. The van der Waals surface area contributed by atoms with Gasteiger partial charge in [0, 0.05) is 10.6 Å². The van der Waals surface area contributed by atoms with Crippen LogP contribution in [0, 0.1) is 0 Å². The van der Waals surface area contributed by atoms with Crippen molar-refractivity contribution in [3.63, 3.8) is 0 Å². The molecule has 20 heavy (non-hydrogen) atoms. The van der Waals surface area contributed by atoms with Crippen molar-refractivity contribution in [3.05, 3.63) is 57.0 Å². The van der Waals surface area contributed by atoms with Crippen LogP contribution in [0.3, 0.4) is 0 Å². The third-order valence-electron chi connectivity index (χ3n) is 2.78. The molecular formula is C15H13BrCl2O2. The van der Waals surface area contributed by atoms with E-state index in [0.717, 1.165) is 27.1 Å². The fourth-order valence-electron chi connectivity index (χ4n) is 1.75. The van der Waals surface area contributed by atoms with E-state index in [1.54, 1.807) is 13.2 Å². The molecule has 0 amide bonds. The van der Waals surface area contributed by atoms with Crippen molar-refractivity contribution in [1.29, 1.82) is 0 Å². The van der Waals surface area contributed by atoms with Gasteiger partial charge in [-0.15, -0.1) is 11.6 Å². The third-order valence-corrected chi connectivity index (χ3v) is 3.92. The van der Waals surface area contributed by atoms with Crippen LogP contribution in [-0.4, -0.2) is 7.11 Å². The SMILES string of the molecule is COc1ccc(COc2ccc(Cl)cc2CCl)cc1Br. The summed E-state index contributed by atoms with van der Waals surface area (Å²) < 4.78 is 11.9. The molecule has 0 aliphatic carbocycles. The number of methoxy groups -OCH3 is 1. The van der Waals surface area contributed by atoms with E-state index in [9.17, 15) is 0 Å². The second-order valence-electron chi connectivity index (χ2n) is 4.14. The summed E-state index contributed by atoms with van der Waals surface area (Å²) in [5.41, 5.74) is 1.92. The number of hydrogen-bond acceptors (Lipinski definition) is 2. The van der Waals surface area contributed by atoms with Crippen LogP contribution < -0.4 is 9.47 Å². The highest BCUT2D eigenvalue weighted by molar-refractivity contribution is 9.10. The molecule has 0 fully saturated rings. The Morgan fingerprint density at radius 3 is 2.50 bits per heavy atom. The van der Waals surface area contributed by atoms with E-state index in [1.165, 1.54) is 0 Å². The molecule has 2 aromatic rings. The molecule has 0 N–H and O–H groups in total. The topological polar surface area (TPSA) is 18.5 Å². The predicted octanol–water partition coefficient (Wildman–Crippen LogP) is 5.43. The van der Waals surface area contributed by atoms with Crippen LogP contribution in [0.25, 0.3) is 0 Å². The van der Waals surface area contributed by atoms with Gasteiger partial charge < -0.3 is 9.47 Å². The smallest absolute Gasteiger partial charge is 0.133 e. The second-order valence-corrected chi connectivity index (χ2v) is 5.70. The monoisotopic (exact) mass is 374 g/mol. The van der Waals surface area contributed by atoms with Crippen LogP contribution in [0.5, 0.6) is 11.5 Å². The van der Waals surface area contributed by atoms with Gasteiger partial charge in [-0.1, -0.05) is 17.7 Å². The van der Waals surface area contributed by atoms with E-state index in [1.807, 2.05) is 30.3 Å². The molecule has 0 bridgehead atoms. The van der Waals surface area contributed by atoms with E-state index in [-0.39, 0.29) is 0 Å². The highest BCUT2D eigenvalue weighted by Gasteiger charge is 2.06. The van der Waals surface area contributed by atoms with Gasteiger partial charge in [0.2, 0.25) is 0 Å². The first-order chi connectivity index (χ1) is 9.63. The van der Waals surface area contributed by atoms with Gasteiger partial charge in [0.25, 0.3) is 0 Å². The minimum atomic E-state index is 0.363. The first-order valence-corrected chi connectivity index (χ1v) is 7.64. The number of hydrogen-bond donors (Lipinski definition) is 0. The first kappa shape index (κ1) is 15.5. The maximum atomic E-state index is 5.93. The van der Waals surface area contributed by atoms with Crippen molar-refractivity contribution in [2.24, 2.45) is 0 Å². The maximum Gasteiger partial charge on any atom is 0.133 e. The Morgan fingerprint density at radius 1 is 1.10 bits per heavy atom. The summed E-state index contributed by atoms with van der Waals surface area (Å²) in [6.45, 7) is 0.452. The molecule has 106 valence electrons. The molecule has 0 aliphatic rings. The Balaban J connectivity index is 2.10. The summed E-state index contributed by atoms with van der Waals surface area (Å²) in [6, 6.07) is 11.3. The lowest BCUT2D eigenvalue weighted by atomic mass is 10.2. The Labute approximate surface area is 136 Å². The van der Waals surface area contributed by atoms with Gasteiger partial charge in [-0.2, -0.15) is 0 Å². The van der Waals surface area contributed by atoms with Crippen LogP contribution in [-0.2, 0) is 12.5 Å². The fourth-order valence-corrected chi connectivity index (χ4v) is 2.75. The molecule has 5 heteroatoms. The Kier molecular flexibility index (Phi) is 5.58. The highest BCUT2D eigenvalue weighted by atomic mass is 79.9. The van der Waals surface area contributed by atoms with Crippen molar-refractivity contribution in [2.75, 3.05) is 7.11 Å². The van der Waals surface area contributed by atoms with Gasteiger partial charge in [0.15, 0.2) is 0 Å². The summed E-state index contributed by atoms with van der Waals surface area (Å²) in [4.78, 5) is 0. The normalized spacial score (nSPS) is 10.4. The van der Waals surface area contributed by atoms with Gasteiger partial charge in [0.1, 0.15) is 18.1 Å². The van der Waals surface area contributed by atoms with E-state index in [4.69, 9.17) is 32.7 Å². The van der Waals surface area contributed by atoms with Crippen LogP contribution in [0.4, 0.5) is 0 Å². The van der Waals surface area contributed by atoms with Gasteiger partial charge in [0.05, 0.1) is 17.5 Å². The summed E-state index contributed by atoms with van der Waals surface area (Å²) in [5, 5.41) is 0.653. The Bertz CT molecular complexity index is 602. The summed E-state index contributed by atoms with van der Waals surface area (Å²) in [5.74, 6) is 1.90. The Hall–Kier alpha value is -0.900. The molecule has 0 aromatic heterocycles. The predicted molar refractivity (Wildman–Crippen MR) is 86.0 cm³/mol. The lowest BCUT2D eigenvalue weighted by Gasteiger charge is -2.11. The molecule has 2 rings (SSSR count). The van der Waals surface area contributed by atoms with E-state index >= 15 is 0 Å². The summed E-state index contributed by atoms with van der Waals surface area (Å²) in [7, 11) is 1.64. The Morgan fingerprint density at radius 2 is 1.85 bits per heavy atom. The third kappa shape index (κ3) is 3.81. The molecule has 0 atom stereocenters. The average Bonchev–Trinajstić information content (AvgIpc) is 2.46. The maximum absolute atomic E-state index is 5.93. The largest absolute Gasteiger partial charge is 0.496 e. The lowest BCUT2D eigenvalue weighted by Crippen LogP contribution is -1.98. The quantitative estimate of drug-likeness (QED) is 0.648. The molecular weight excluding hydrogens is 363 g/mol. The van der Waals surface area contributed by atoms with Crippen LogP contribution in [0.15, 0.2) is 40.9 Å². The first-order valence-electron chi connectivity index (χ1n) is 5.93. The van der Waals surface area contributed by atoms with Gasteiger partial charge in [-0.25, -0.2) is 0 Å². The van der Waals surface area contributed by atoms with Crippen LogP contribution in [0.2, 0.25) is 5.02 Å². The molecule has 0 heterocycles. The van der Waals surface area contributed by atoms with Crippen molar-refractivity contribution >= 4 is 39.1 Å². The van der Waals surface area contributed by atoms with E-state index in [0.29, 0.717) is 17.5 Å². The minimum absolute atomic E-state index is 0.363. The fraction of sp³-hybridized carbons (Fsp3) is 0.200. The number of benzene rings is 2. The van der Waals surface area contributed by atoms with Crippen molar-refractivity contribution in [1.82, 2.24) is 0 Å². The standard InChI is InChI=1S/C15H13BrCl2O2/c1-19-15-4-2-10(6-13(15)16)9-20-14-5-3-12(18)7-11(14)8-17/h2-7H,8-9H2,1H3. The summed E-state index contributed by atoms with van der Waals surface area (Å²) in [6.07, 6.45) is 0. The van der Waals surface area contributed by atoms with Crippen molar-refractivity contribution in [2.45, 2.75) is 12.5 Å². The van der Waals surface area contributed by atoms with Gasteiger partial charge in [-0.3, -0.25) is 0 Å². The number of alkyl halides is 1. The zero-order valence-electron chi connectivity index (χ0n) is 10.8. The van der Waals surface area contributed by atoms with Gasteiger partial charge >= 0.3 is 0 Å². The van der Waals surface area contributed by atoms with Crippen molar-refractivity contribution < 1.29 is 9.47 Å². The molecule has 0 spiro atoms. The average molecular weight is 376 g/mol. The number of rotatable bonds is 5. The molecule has 2 aromatic carbocycles. The van der Waals surface area contributed by atoms with Crippen molar-refractivity contribution in [3.8, 4) is 11.5 Å². The van der Waals surface area contributed by atoms with Crippen LogP contribution >= 0.6 is 39.1 Å². The highest BCUT2D eigenvalue weighted by Crippen LogP contribution is 2.28. The molecule has 0 saturated heterocycles. The number of ether oxygens (including phenoxy) is 2. The molecule has 0 aliphatic heterocycles. The molecule has 2 nitrogen and oxygen atoms in total. The molecule has 0 unspecified atom stereocenters. The minimum Gasteiger partial charge on any atom is -0.496 e. The molecule has 0 saturated carbocycles. The zero-order chi connectivity index (χ0) is 14.5. The lowest BCUT2D eigenvalue weighted by molar-refractivity contribution is 0.303. The van der Waals surface area contributed by atoms with E-state index in [2.05, 4.69) is 15.9 Å². The van der Waals surface area contributed by atoms with E-state index < -0.39 is 0 Å². The molecule has 0 radical (unpaired) electrons. The van der Waals surface area contributed by atoms with Gasteiger partial charge in [-0.05, 0) is 51.8 Å².